The van der Waals surface area contributed by atoms with E-state index in [2.05, 4.69) is 37.9 Å². The van der Waals surface area contributed by atoms with Gasteiger partial charge in [0.05, 0.1) is 15.6 Å². The summed E-state index contributed by atoms with van der Waals surface area (Å²) in [6.45, 7) is 9.85. The first-order valence-electron chi connectivity index (χ1n) is 7.02. The Kier molecular flexibility index (Phi) is 6.78. The molecule has 0 atom stereocenters. The molecule has 1 aromatic rings. The lowest BCUT2D eigenvalue weighted by Gasteiger charge is -2.30. The summed E-state index contributed by atoms with van der Waals surface area (Å²) < 4.78 is 0. The van der Waals surface area contributed by atoms with E-state index in [1.54, 1.807) is 0 Å². The average molecular weight is 332 g/mol. The molecule has 118 valence electrons. The number of hydrogen-bond acceptors (Lipinski definition) is 3. The largest absolute Gasteiger partial charge is 0.399 e. The molecular weight excluding hydrogens is 309 g/mol. The molecule has 0 aliphatic heterocycles. The molecule has 0 heterocycles. The molecular formula is C15H23Cl2N3O. The lowest BCUT2D eigenvalue weighted by molar-refractivity contribution is 0.0939. The molecule has 6 heteroatoms. The van der Waals surface area contributed by atoms with Crippen molar-refractivity contribution < 1.29 is 4.79 Å². The van der Waals surface area contributed by atoms with Gasteiger partial charge in [0.1, 0.15) is 0 Å². The van der Waals surface area contributed by atoms with Crippen LogP contribution in [0, 0.1) is 0 Å². The van der Waals surface area contributed by atoms with E-state index in [0.29, 0.717) is 29.9 Å². The number of hydrogen-bond donors (Lipinski definition) is 2. The van der Waals surface area contributed by atoms with Gasteiger partial charge in [0, 0.05) is 30.9 Å². The van der Waals surface area contributed by atoms with Crippen LogP contribution in [0.1, 0.15) is 38.1 Å². The summed E-state index contributed by atoms with van der Waals surface area (Å²) in [4.78, 5) is 14.5. The Morgan fingerprint density at radius 3 is 2.33 bits per heavy atom. The first-order chi connectivity index (χ1) is 9.73. The molecule has 0 aromatic heterocycles. The van der Waals surface area contributed by atoms with Crippen LogP contribution >= 0.6 is 23.2 Å². The van der Waals surface area contributed by atoms with E-state index in [4.69, 9.17) is 28.9 Å². The molecule has 0 unspecified atom stereocenters. The van der Waals surface area contributed by atoms with E-state index in [0.717, 1.165) is 6.54 Å². The predicted molar refractivity (Wildman–Crippen MR) is 90.2 cm³/mol. The fourth-order valence-corrected chi connectivity index (χ4v) is 2.70. The molecule has 0 radical (unpaired) electrons. The molecule has 1 rings (SSSR count). The number of carbonyl (C=O) groups excluding carboxylic acids is 1. The quantitative estimate of drug-likeness (QED) is 0.785. The number of nitrogens with one attached hydrogen (secondary N) is 1. The molecule has 0 aliphatic rings. The molecule has 0 saturated heterocycles. The Morgan fingerprint density at radius 1 is 1.24 bits per heavy atom. The minimum absolute atomic E-state index is 0.230. The van der Waals surface area contributed by atoms with Crippen molar-refractivity contribution in [2.75, 3.05) is 18.8 Å². The molecule has 4 nitrogen and oxygen atoms in total. The van der Waals surface area contributed by atoms with Gasteiger partial charge in [-0.25, -0.2) is 0 Å². The number of nitrogen functional groups attached to an aromatic ring is 1. The van der Waals surface area contributed by atoms with Crippen LogP contribution < -0.4 is 11.1 Å². The highest BCUT2D eigenvalue weighted by molar-refractivity contribution is 6.44. The van der Waals surface area contributed by atoms with Gasteiger partial charge < -0.3 is 11.1 Å². The highest BCUT2D eigenvalue weighted by atomic mass is 35.5. The number of amides is 1. The number of carbonyl (C=O) groups is 1. The van der Waals surface area contributed by atoms with Crippen LogP contribution in [-0.2, 0) is 0 Å². The SMILES string of the molecule is CC(C)N(CCNC(=O)c1cc(N)cc(Cl)c1Cl)C(C)C. The summed E-state index contributed by atoms with van der Waals surface area (Å²) >= 11 is 12.0. The third-order valence-electron chi connectivity index (χ3n) is 3.28. The van der Waals surface area contributed by atoms with Gasteiger partial charge in [0.2, 0.25) is 0 Å². The van der Waals surface area contributed by atoms with Crippen LogP contribution in [0.2, 0.25) is 10.0 Å². The highest BCUT2D eigenvalue weighted by Gasteiger charge is 2.16. The van der Waals surface area contributed by atoms with Gasteiger partial charge in [-0.1, -0.05) is 23.2 Å². The van der Waals surface area contributed by atoms with E-state index in [-0.39, 0.29) is 16.0 Å². The number of benzene rings is 1. The summed E-state index contributed by atoms with van der Waals surface area (Å²) in [5, 5.41) is 3.37. The molecule has 3 N–H and O–H groups in total. The van der Waals surface area contributed by atoms with E-state index in [1.807, 2.05) is 0 Å². The second-order valence-electron chi connectivity index (χ2n) is 5.55. The zero-order valence-electron chi connectivity index (χ0n) is 12.9. The number of halogens is 2. The van der Waals surface area contributed by atoms with Gasteiger partial charge in [-0.05, 0) is 39.8 Å². The molecule has 0 fully saturated rings. The summed E-state index contributed by atoms with van der Waals surface area (Å²) in [5.41, 5.74) is 6.42. The van der Waals surface area contributed by atoms with Crippen LogP contribution in [0.15, 0.2) is 12.1 Å². The summed E-state index contributed by atoms with van der Waals surface area (Å²) in [6.07, 6.45) is 0. The van der Waals surface area contributed by atoms with Gasteiger partial charge in [-0.2, -0.15) is 0 Å². The van der Waals surface area contributed by atoms with Crippen molar-refractivity contribution in [3.05, 3.63) is 27.7 Å². The second kappa shape index (κ2) is 7.87. The molecule has 0 aliphatic carbocycles. The van der Waals surface area contributed by atoms with Crippen LogP contribution in [0.5, 0.6) is 0 Å². The van der Waals surface area contributed by atoms with Crippen molar-refractivity contribution in [1.82, 2.24) is 10.2 Å². The smallest absolute Gasteiger partial charge is 0.252 e. The number of nitrogens with zero attached hydrogens (tertiary/aromatic N) is 1. The highest BCUT2D eigenvalue weighted by Crippen LogP contribution is 2.28. The Morgan fingerprint density at radius 2 is 1.81 bits per heavy atom. The molecule has 0 bridgehead atoms. The van der Waals surface area contributed by atoms with Crippen molar-refractivity contribution in [2.24, 2.45) is 0 Å². The summed E-state index contributed by atoms with van der Waals surface area (Å²) in [6, 6.07) is 3.91. The Hall–Kier alpha value is -0.970. The normalized spacial score (nSPS) is 11.5. The summed E-state index contributed by atoms with van der Waals surface area (Å²) in [7, 11) is 0. The lowest BCUT2D eigenvalue weighted by Crippen LogP contribution is -2.42. The van der Waals surface area contributed by atoms with Crippen molar-refractivity contribution in [3.8, 4) is 0 Å². The maximum absolute atomic E-state index is 12.2. The third-order valence-corrected chi connectivity index (χ3v) is 4.08. The Bertz CT molecular complexity index is 496. The van der Waals surface area contributed by atoms with Crippen LogP contribution in [0.3, 0.4) is 0 Å². The van der Waals surface area contributed by atoms with Crippen molar-refractivity contribution in [3.63, 3.8) is 0 Å². The molecule has 1 amide bonds. The minimum atomic E-state index is -0.262. The maximum Gasteiger partial charge on any atom is 0.252 e. The fraction of sp³-hybridized carbons (Fsp3) is 0.533. The van der Waals surface area contributed by atoms with E-state index in [1.165, 1.54) is 12.1 Å². The number of nitrogens with two attached hydrogens (primary N) is 1. The first-order valence-corrected chi connectivity index (χ1v) is 7.78. The zero-order chi connectivity index (χ0) is 16.2. The minimum Gasteiger partial charge on any atom is -0.399 e. The van der Waals surface area contributed by atoms with Gasteiger partial charge in [-0.15, -0.1) is 0 Å². The van der Waals surface area contributed by atoms with Crippen molar-refractivity contribution >= 4 is 34.8 Å². The molecule has 0 spiro atoms. The van der Waals surface area contributed by atoms with E-state index in [9.17, 15) is 4.79 Å². The van der Waals surface area contributed by atoms with Gasteiger partial charge in [-0.3, -0.25) is 9.69 Å². The fourth-order valence-electron chi connectivity index (χ4n) is 2.28. The third kappa shape index (κ3) is 5.06. The standard InChI is InChI=1S/C15H23Cl2N3O/c1-9(2)20(10(3)4)6-5-19-15(21)12-7-11(18)8-13(16)14(12)17/h7-10H,5-6,18H2,1-4H3,(H,19,21). The van der Waals surface area contributed by atoms with Gasteiger partial charge in [0.15, 0.2) is 0 Å². The first kappa shape index (κ1) is 18.1. The average Bonchev–Trinajstić information content (AvgIpc) is 2.37. The molecule has 21 heavy (non-hydrogen) atoms. The molecule has 1 aromatic carbocycles. The predicted octanol–water partition coefficient (Wildman–Crippen LogP) is 3.42. The topological polar surface area (TPSA) is 58.4 Å². The number of rotatable bonds is 6. The Labute approximate surface area is 136 Å². The second-order valence-corrected chi connectivity index (χ2v) is 6.33. The molecule has 0 saturated carbocycles. The van der Waals surface area contributed by atoms with Crippen molar-refractivity contribution in [1.29, 1.82) is 0 Å². The summed E-state index contributed by atoms with van der Waals surface area (Å²) in [5.74, 6) is -0.262. The van der Waals surface area contributed by atoms with E-state index >= 15 is 0 Å². The lowest BCUT2D eigenvalue weighted by atomic mass is 10.2. The van der Waals surface area contributed by atoms with Crippen LogP contribution in [0.4, 0.5) is 5.69 Å². The van der Waals surface area contributed by atoms with Crippen molar-refractivity contribution in [2.45, 2.75) is 39.8 Å². The van der Waals surface area contributed by atoms with Crippen LogP contribution in [0.25, 0.3) is 0 Å². The van der Waals surface area contributed by atoms with Gasteiger partial charge >= 0.3 is 0 Å². The van der Waals surface area contributed by atoms with E-state index < -0.39 is 0 Å². The van der Waals surface area contributed by atoms with Crippen LogP contribution in [-0.4, -0.2) is 36.0 Å². The zero-order valence-corrected chi connectivity index (χ0v) is 14.4. The maximum atomic E-state index is 12.2. The Balaban J connectivity index is 2.67. The monoisotopic (exact) mass is 331 g/mol. The number of anilines is 1. The van der Waals surface area contributed by atoms with Gasteiger partial charge in [0.25, 0.3) is 5.91 Å².